The lowest BCUT2D eigenvalue weighted by Gasteiger charge is -2.09. The molecule has 0 heterocycles. The van der Waals surface area contributed by atoms with Gasteiger partial charge >= 0.3 is 6.36 Å². The van der Waals surface area contributed by atoms with Crippen LogP contribution < -0.4 is 4.74 Å². The molecule has 0 aromatic heterocycles. The SMILES string of the molecule is CCC1CC1c1ccc(OC(F)(F)F)cc1. The predicted molar refractivity (Wildman–Crippen MR) is 54.3 cm³/mol. The Kier molecular flexibility index (Phi) is 2.82. The normalized spacial score (nSPS) is 24.2. The van der Waals surface area contributed by atoms with Crippen molar-refractivity contribution in [3.63, 3.8) is 0 Å². The summed E-state index contributed by atoms with van der Waals surface area (Å²) in [7, 11) is 0. The Morgan fingerprint density at radius 3 is 2.31 bits per heavy atom. The monoisotopic (exact) mass is 230 g/mol. The molecule has 1 saturated carbocycles. The molecule has 1 fully saturated rings. The van der Waals surface area contributed by atoms with Crippen LogP contribution in [0.25, 0.3) is 0 Å². The van der Waals surface area contributed by atoms with Gasteiger partial charge in [-0.25, -0.2) is 0 Å². The largest absolute Gasteiger partial charge is 0.573 e. The summed E-state index contributed by atoms with van der Waals surface area (Å²) in [5.41, 5.74) is 1.11. The van der Waals surface area contributed by atoms with E-state index in [1.54, 1.807) is 12.1 Å². The van der Waals surface area contributed by atoms with Gasteiger partial charge in [0.2, 0.25) is 0 Å². The van der Waals surface area contributed by atoms with Crippen LogP contribution in [0, 0.1) is 5.92 Å². The fourth-order valence-electron chi connectivity index (χ4n) is 2.02. The minimum Gasteiger partial charge on any atom is -0.406 e. The van der Waals surface area contributed by atoms with E-state index in [0.29, 0.717) is 11.8 Å². The maximum absolute atomic E-state index is 11.9. The van der Waals surface area contributed by atoms with Crippen molar-refractivity contribution >= 4 is 0 Å². The van der Waals surface area contributed by atoms with Gasteiger partial charge in [-0.05, 0) is 36.0 Å². The lowest BCUT2D eigenvalue weighted by molar-refractivity contribution is -0.274. The predicted octanol–water partition coefficient (Wildman–Crippen LogP) is 4.10. The van der Waals surface area contributed by atoms with Crippen LogP contribution in [-0.4, -0.2) is 6.36 Å². The fourth-order valence-corrected chi connectivity index (χ4v) is 2.02. The Bertz CT molecular complexity index is 356. The molecule has 1 aliphatic rings. The molecule has 0 aliphatic heterocycles. The van der Waals surface area contributed by atoms with Crippen LogP contribution >= 0.6 is 0 Å². The summed E-state index contributed by atoms with van der Waals surface area (Å²) >= 11 is 0. The Hall–Kier alpha value is -1.19. The molecule has 0 radical (unpaired) electrons. The average Bonchev–Trinajstić information content (AvgIpc) is 2.95. The molecule has 0 amide bonds. The number of hydrogen-bond acceptors (Lipinski definition) is 1. The lowest BCUT2D eigenvalue weighted by atomic mass is 10.1. The minimum absolute atomic E-state index is 0.148. The molecule has 0 N–H and O–H groups in total. The van der Waals surface area contributed by atoms with Crippen LogP contribution in [-0.2, 0) is 0 Å². The van der Waals surface area contributed by atoms with Crippen LogP contribution in [0.5, 0.6) is 5.75 Å². The smallest absolute Gasteiger partial charge is 0.406 e. The molecular weight excluding hydrogens is 217 g/mol. The molecule has 1 aromatic rings. The molecule has 2 rings (SSSR count). The van der Waals surface area contributed by atoms with Crippen molar-refractivity contribution in [1.82, 2.24) is 0 Å². The molecular formula is C12H13F3O. The number of benzene rings is 1. The number of rotatable bonds is 3. The Balaban J connectivity index is 2.00. The van der Waals surface area contributed by atoms with Gasteiger partial charge in [0, 0.05) is 0 Å². The second-order valence-corrected chi connectivity index (χ2v) is 4.13. The first-order valence-corrected chi connectivity index (χ1v) is 5.35. The van der Waals surface area contributed by atoms with E-state index in [2.05, 4.69) is 11.7 Å². The van der Waals surface area contributed by atoms with Crippen molar-refractivity contribution in [1.29, 1.82) is 0 Å². The number of hydrogen-bond donors (Lipinski definition) is 0. The van der Waals surface area contributed by atoms with Crippen LogP contribution in [0.15, 0.2) is 24.3 Å². The third-order valence-electron chi connectivity index (χ3n) is 2.99. The number of ether oxygens (including phenoxy) is 1. The molecule has 2 atom stereocenters. The standard InChI is InChI=1S/C12H13F3O/c1-2-8-7-11(8)9-3-5-10(6-4-9)16-12(13,14)15/h3-6,8,11H,2,7H2,1H3. The Morgan fingerprint density at radius 2 is 1.88 bits per heavy atom. The van der Waals surface area contributed by atoms with Gasteiger partial charge in [-0.2, -0.15) is 0 Å². The highest BCUT2D eigenvalue weighted by Gasteiger charge is 2.36. The molecule has 0 saturated heterocycles. The third-order valence-corrected chi connectivity index (χ3v) is 2.99. The van der Waals surface area contributed by atoms with E-state index in [9.17, 15) is 13.2 Å². The van der Waals surface area contributed by atoms with E-state index < -0.39 is 6.36 Å². The lowest BCUT2D eigenvalue weighted by Crippen LogP contribution is -2.16. The van der Waals surface area contributed by atoms with Gasteiger partial charge in [0.25, 0.3) is 0 Å². The average molecular weight is 230 g/mol. The fraction of sp³-hybridized carbons (Fsp3) is 0.500. The summed E-state index contributed by atoms with van der Waals surface area (Å²) in [6.07, 6.45) is -2.32. The maximum atomic E-state index is 11.9. The van der Waals surface area contributed by atoms with Gasteiger partial charge in [-0.3, -0.25) is 0 Å². The maximum Gasteiger partial charge on any atom is 0.573 e. The van der Waals surface area contributed by atoms with Crippen molar-refractivity contribution in [2.75, 3.05) is 0 Å². The van der Waals surface area contributed by atoms with Crippen molar-refractivity contribution in [2.45, 2.75) is 32.0 Å². The summed E-state index contributed by atoms with van der Waals surface area (Å²) in [4.78, 5) is 0. The number of alkyl halides is 3. The first-order valence-electron chi connectivity index (χ1n) is 5.35. The molecule has 4 heteroatoms. The van der Waals surface area contributed by atoms with Crippen LogP contribution in [0.4, 0.5) is 13.2 Å². The van der Waals surface area contributed by atoms with E-state index >= 15 is 0 Å². The second-order valence-electron chi connectivity index (χ2n) is 4.13. The topological polar surface area (TPSA) is 9.23 Å². The van der Waals surface area contributed by atoms with Gasteiger partial charge in [0.1, 0.15) is 5.75 Å². The zero-order valence-corrected chi connectivity index (χ0v) is 8.92. The van der Waals surface area contributed by atoms with E-state index in [4.69, 9.17) is 0 Å². The van der Waals surface area contributed by atoms with E-state index in [0.717, 1.165) is 18.4 Å². The molecule has 2 unspecified atom stereocenters. The molecule has 1 nitrogen and oxygen atoms in total. The molecule has 0 bridgehead atoms. The van der Waals surface area contributed by atoms with Crippen molar-refractivity contribution < 1.29 is 17.9 Å². The van der Waals surface area contributed by atoms with Gasteiger partial charge in [0.15, 0.2) is 0 Å². The zero-order chi connectivity index (χ0) is 11.8. The second kappa shape index (κ2) is 4.00. The third kappa shape index (κ3) is 2.68. The van der Waals surface area contributed by atoms with Crippen LogP contribution in [0.2, 0.25) is 0 Å². The van der Waals surface area contributed by atoms with Crippen molar-refractivity contribution in [3.8, 4) is 5.75 Å². The molecule has 0 spiro atoms. The van der Waals surface area contributed by atoms with Crippen molar-refractivity contribution in [2.24, 2.45) is 5.92 Å². The highest BCUT2D eigenvalue weighted by molar-refractivity contribution is 5.32. The van der Waals surface area contributed by atoms with Crippen molar-refractivity contribution in [3.05, 3.63) is 29.8 Å². The minimum atomic E-state index is -4.60. The summed E-state index contributed by atoms with van der Waals surface area (Å²) in [6, 6.07) is 6.21. The highest BCUT2D eigenvalue weighted by atomic mass is 19.4. The summed E-state index contributed by atoms with van der Waals surface area (Å²) in [6.45, 7) is 2.13. The van der Waals surface area contributed by atoms with E-state index in [-0.39, 0.29) is 5.75 Å². The first kappa shape index (κ1) is 11.3. The highest BCUT2D eigenvalue weighted by Crippen LogP contribution is 2.49. The summed E-state index contributed by atoms with van der Waals surface area (Å²) in [5, 5.41) is 0. The summed E-state index contributed by atoms with van der Waals surface area (Å²) < 4.78 is 39.5. The van der Waals surface area contributed by atoms with Gasteiger partial charge in [-0.1, -0.05) is 25.5 Å². The quantitative estimate of drug-likeness (QED) is 0.759. The first-order chi connectivity index (χ1) is 7.49. The molecule has 88 valence electrons. The van der Waals surface area contributed by atoms with E-state index in [1.165, 1.54) is 12.1 Å². The summed E-state index contributed by atoms with van der Waals surface area (Å²) in [5.74, 6) is 1.09. The molecule has 1 aliphatic carbocycles. The molecule has 16 heavy (non-hydrogen) atoms. The van der Waals surface area contributed by atoms with Gasteiger partial charge in [0.05, 0.1) is 0 Å². The van der Waals surface area contributed by atoms with E-state index in [1.807, 2.05) is 0 Å². The Morgan fingerprint density at radius 1 is 1.25 bits per heavy atom. The zero-order valence-electron chi connectivity index (χ0n) is 8.92. The van der Waals surface area contributed by atoms with Crippen LogP contribution in [0.3, 0.4) is 0 Å². The molecule has 1 aromatic carbocycles. The van der Waals surface area contributed by atoms with Gasteiger partial charge < -0.3 is 4.74 Å². The Labute approximate surface area is 92.2 Å². The van der Waals surface area contributed by atoms with Crippen LogP contribution in [0.1, 0.15) is 31.2 Å². The number of halogens is 3. The van der Waals surface area contributed by atoms with Gasteiger partial charge in [-0.15, -0.1) is 13.2 Å².